The molecular formula is C34H48O11. The van der Waals surface area contributed by atoms with Crippen LogP contribution in [0.4, 0.5) is 0 Å². The van der Waals surface area contributed by atoms with Gasteiger partial charge in [0.2, 0.25) is 0 Å². The first-order valence-electron chi connectivity index (χ1n) is 16.1. The molecule has 3 saturated carbocycles. The molecule has 0 aromatic rings. The fourth-order valence-electron chi connectivity index (χ4n) is 11.8. The second-order valence-corrected chi connectivity index (χ2v) is 15.1. The van der Waals surface area contributed by atoms with Crippen molar-refractivity contribution in [3.8, 4) is 0 Å². The van der Waals surface area contributed by atoms with Crippen molar-refractivity contribution in [1.29, 1.82) is 0 Å². The number of hydrogen-bond donors (Lipinski definition) is 2. The van der Waals surface area contributed by atoms with Crippen molar-refractivity contribution >= 4 is 17.9 Å². The average Bonchev–Trinajstić information content (AvgIpc) is 3.38. The minimum absolute atomic E-state index is 0.0573. The van der Waals surface area contributed by atoms with Crippen molar-refractivity contribution < 1.29 is 53.0 Å². The highest BCUT2D eigenvalue weighted by Crippen LogP contribution is 2.88. The molecule has 11 nitrogen and oxygen atoms in total. The first kappa shape index (κ1) is 32.6. The van der Waals surface area contributed by atoms with Gasteiger partial charge in [-0.3, -0.25) is 14.4 Å². The molecule has 0 aromatic carbocycles. The molecule has 2 spiro atoms. The maximum atomic E-state index is 13.7. The Hall–Kier alpha value is -2.31. The topological polar surface area (TPSA) is 147 Å². The van der Waals surface area contributed by atoms with E-state index in [0.29, 0.717) is 6.42 Å². The molecule has 0 radical (unpaired) electrons. The van der Waals surface area contributed by atoms with Crippen molar-refractivity contribution in [2.24, 2.45) is 28.1 Å². The lowest BCUT2D eigenvalue weighted by molar-refractivity contribution is -0.475. The predicted octanol–water partition coefficient (Wildman–Crippen LogP) is 3.49. The van der Waals surface area contributed by atoms with Crippen molar-refractivity contribution in [3.05, 3.63) is 23.8 Å². The number of carbonyl (C=O) groups is 3. The van der Waals surface area contributed by atoms with Gasteiger partial charge in [0.15, 0.2) is 11.7 Å². The number of aliphatic hydroxyl groups excluding tert-OH is 1. The van der Waals surface area contributed by atoms with Crippen molar-refractivity contribution in [2.75, 3.05) is 7.11 Å². The smallest absolute Gasteiger partial charge is 0.306 e. The lowest BCUT2D eigenvalue weighted by Gasteiger charge is -2.75. The van der Waals surface area contributed by atoms with E-state index in [2.05, 4.69) is 0 Å². The average molecular weight is 633 g/mol. The van der Waals surface area contributed by atoms with Gasteiger partial charge in [-0.25, -0.2) is 0 Å². The zero-order valence-electron chi connectivity index (χ0n) is 28.0. The summed E-state index contributed by atoms with van der Waals surface area (Å²) in [5.74, 6) is -4.60. The van der Waals surface area contributed by atoms with E-state index in [-0.39, 0.29) is 19.3 Å². The van der Waals surface area contributed by atoms with E-state index in [1.165, 1.54) is 14.0 Å². The van der Waals surface area contributed by atoms with Crippen molar-refractivity contribution in [2.45, 2.75) is 135 Å². The molecule has 6 rings (SSSR count). The molecule has 250 valence electrons. The summed E-state index contributed by atoms with van der Waals surface area (Å²) in [5.41, 5.74) is -9.03. The lowest BCUT2D eigenvalue weighted by Crippen LogP contribution is -2.93. The van der Waals surface area contributed by atoms with E-state index < -0.39 is 92.7 Å². The number of allylic oxidation sites excluding steroid dienone is 2. The van der Waals surface area contributed by atoms with E-state index in [9.17, 15) is 24.6 Å². The van der Waals surface area contributed by atoms with Crippen LogP contribution >= 0.6 is 0 Å². The number of methoxy groups -OCH3 is 1. The highest BCUT2D eigenvalue weighted by molar-refractivity contribution is 5.74. The molecule has 12 atom stereocenters. The SMILES string of the molecule is C/C=C\C(=C/C)C(OC(C)=O)C(C)(C)C1CC(=O)OC2C3(O)C(O)C4(C)CC35OC3(C)OC12C(CC)(O3)C5(C)C4CC(=O)OC. The van der Waals surface area contributed by atoms with Crippen molar-refractivity contribution in [3.63, 3.8) is 0 Å². The second-order valence-electron chi connectivity index (χ2n) is 15.1. The highest BCUT2D eigenvalue weighted by atomic mass is 16.9. The van der Waals surface area contributed by atoms with Crippen LogP contribution in [0.1, 0.15) is 88.0 Å². The van der Waals surface area contributed by atoms with E-state index >= 15 is 0 Å². The molecule has 4 bridgehead atoms. The molecule has 3 saturated heterocycles. The third-order valence-corrected chi connectivity index (χ3v) is 13.1. The number of hydrogen-bond acceptors (Lipinski definition) is 11. The summed E-state index contributed by atoms with van der Waals surface area (Å²) < 4.78 is 38.3. The van der Waals surface area contributed by atoms with Gasteiger partial charge in [-0.1, -0.05) is 52.8 Å². The summed E-state index contributed by atoms with van der Waals surface area (Å²) >= 11 is 0. The molecule has 45 heavy (non-hydrogen) atoms. The van der Waals surface area contributed by atoms with E-state index in [4.69, 9.17) is 28.4 Å². The second kappa shape index (κ2) is 9.40. The van der Waals surface area contributed by atoms with Crippen LogP contribution in [0.15, 0.2) is 23.8 Å². The largest absolute Gasteiger partial charge is 0.469 e. The first-order chi connectivity index (χ1) is 20.8. The Morgan fingerprint density at radius 1 is 1.16 bits per heavy atom. The van der Waals surface area contributed by atoms with Gasteiger partial charge in [-0.15, -0.1) is 0 Å². The highest BCUT2D eigenvalue weighted by Gasteiger charge is 3.02. The number of ether oxygens (including phenoxy) is 6. The number of rotatable bonds is 8. The normalized spacial score (nSPS) is 50.0. The van der Waals surface area contributed by atoms with Crippen LogP contribution in [-0.2, 0) is 42.8 Å². The van der Waals surface area contributed by atoms with Crippen LogP contribution in [-0.4, -0.2) is 81.9 Å². The molecule has 3 heterocycles. The molecule has 3 aliphatic carbocycles. The Bertz CT molecular complexity index is 1400. The van der Waals surface area contributed by atoms with E-state index in [0.717, 1.165) is 5.57 Å². The number of aliphatic hydroxyl groups is 2. The summed E-state index contributed by atoms with van der Waals surface area (Å²) in [7, 11) is 1.32. The van der Waals surface area contributed by atoms with Gasteiger partial charge in [-0.2, -0.15) is 0 Å². The van der Waals surface area contributed by atoms with Gasteiger partial charge >= 0.3 is 17.9 Å². The molecule has 11 heteroatoms. The number of esters is 3. The summed E-state index contributed by atoms with van der Waals surface area (Å²) in [6, 6.07) is 0. The molecule has 6 aliphatic rings. The van der Waals surface area contributed by atoms with Gasteiger partial charge in [0.25, 0.3) is 5.97 Å². The molecule has 0 amide bonds. The third-order valence-electron chi connectivity index (χ3n) is 13.1. The van der Waals surface area contributed by atoms with Gasteiger partial charge in [0.1, 0.15) is 22.9 Å². The standard InChI is InChI=1S/C34H48O11/c1-11-14-19(12-2)24(41-18(4)35)27(5,6)20-15-23(37)42-26-33(39)25(38)28(7)17-32(33)29(8,21(28)16-22(36)40-10)31(13-3)34(20,26)45-30(9,43-31)44-32/h11-12,14,20-21,24-26,38-39H,13,15-17H2,1-10H3/b14-11-,19-12+. The zero-order chi connectivity index (χ0) is 33.4. The van der Waals surface area contributed by atoms with Gasteiger partial charge in [0.05, 0.1) is 19.6 Å². The van der Waals surface area contributed by atoms with Gasteiger partial charge in [-0.05, 0) is 38.2 Å². The zero-order valence-corrected chi connectivity index (χ0v) is 28.0. The summed E-state index contributed by atoms with van der Waals surface area (Å²) in [4.78, 5) is 39.4. The van der Waals surface area contributed by atoms with Gasteiger partial charge < -0.3 is 38.6 Å². The monoisotopic (exact) mass is 632 g/mol. The molecule has 2 N–H and O–H groups in total. The maximum absolute atomic E-state index is 13.7. The molecular weight excluding hydrogens is 584 g/mol. The minimum Gasteiger partial charge on any atom is -0.469 e. The quantitative estimate of drug-likeness (QED) is 0.230. The van der Waals surface area contributed by atoms with Crippen LogP contribution in [0.3, 0.4) is 0 Å². The van der Waals surface area contributed by atoms with Crippen LogP contribution in [0.5, 0.6) is 0 Å². The molecule has 6 fully saturated rings. The molecule has 0 aromatic heterocycles. The fraction of sp³-hybridized carbons (Fsp3) is 0.794. The van der Waals surface area contributed by atoms with E-state index in [1.807, 2.05) is 66.7 Å². The minimum atomic E-state index is -2.13. The third kappa shape index (κ3) is 3.27. The summed E-state index contributed by atoms with van der Waals surface area (Å²) in [6.45, 7) is 16.3. The summed E-state index contributed by atoms with van der Waals surface area (Å²) in [5, 5.41) is 25.4. The van der Waals surface area contributed by atoms with Crippen LogP contribution in [0.2, 0.25) is 0 Å². The van der Waals surface area contributed by atoms with Crippen LogP contribution in [0.25, 0.3) is 0 Å². The Kier molecular flexibility index (Phi) is 6.82. The van der Waals surface area contributed by atoms with Crippen LogP contribution < -0.4 is 0 Å². The number of carbonyl (C=O) groups excluding carboxylic acids is 3. The predicted molar refractivity (Wildman–Crippen MR) is 158 cm³/mol. The number of fused-ring (bicyclic) bond motifs is 3. The van der Waals surface area contributed by atoms with Gasteiger partial charge in [0, 0.05) is 42.4 Å². The lowest BCUT2D eigenvalue weighted by atomic mass is 9.36. The Labute approximate surface area is 264 Å². The maximum Gasteiger partial charge on any atom is 0.306 e. The molecule has 12 unspecified atom stereocenters. The Balaban J connectivity index is 1.68. The first-order valence-corrected chi connectivity index (χ1v) is 16.1. The van der Waals surface area contributed by atoms with Crippen molar-refractivity contribution in [1.82, 2.24) is 0 Å². The molecule has 3 aliphatic heterocycles. The fourth-order valence-corrected chi connectivity index (χ4v) is 11.8. The Morgan fingerprint density at radius 2 is 1.82 bits per heavy atom. The summed E-state index contributed by atoms with van der Waals surface area (Å²) in [6.07, 6.45) is 2.19. The van der Waals surface area contributed by atoms with Crippen LogP contribution in [0, 0.1) is 28.1 Å². The Morgan fingerprint density at radius 3 is 2.38 bits per heavy atom. The van der Waals surface area contributed by atoms with E-state index in [1.54, 1.807) is 6.92 Å².